The van der Waals surface area contributed by atoms with Gasteiger partial charge in [-0.3, -0.25) is 4.79 Å². The van der Waals surface area contributed by atoms with E-state index in [4.69, 9.17) is 10.5 Å². The molecule has 74 valence electrons. The zero-order valence-corrected chi connectivity index (χ0v) is 7.86. The molecule has 4 nitrogen and oxygen atoms in total. The molecule has 1 fully saturated rings. The number of benzene rings is 1. The summed E-state index contributed by atoms with van der Waals surface area (Å²) in [5.41, 5.74) is 4.80. The Morgan fingerprint density at radius 2 is 2.07 bits per heavy atom. The maximum Gasteiger partial charge on any atom is 0.248 e. The van der Waals surface area contributed by atoms with Crippen LogP contribution in [0.3, 0.4) is 0 Å². The van der Waals surface area contributed by atoms with Crippen molar-refractivity contribution in [3.63, 3.8) is 0 Å². The molecule has 1 aromatic rings. The van der Waals surface area contributed by atoms with Crippen molar-refractivity contribution in [2.45, 2.75) is 18.7 Å². The van der Waals surface area contributed by atoms with Crippen LogP contribution in [0.15, 0.2) is 30.3 Å². The zero-order chi connectivity index (χ0) is 10.2. The number of hydrogen-bond acceptors (Lipinski definition) is 3. The minimum Gasteiger partial charge on any atom is -0.468 e. The third kappa shape index (κ3) is 1.33. The predicted octanol–water partition coefficient (Wildman–Crippen LogP) is 0.239. The van der Waals surface area contributed by atoms with E-state index in [1.165, 1.54) is 0 Å². The number of nitrogens with two attached hydrogens (primary N) is 1. The van der Waals surface area contributed by atoms with Gasteiger partial charge in [0.05, 0.1) is 0 Å². The first kappa shape index (κ1) is 9.02. The van der Waals surface area contributed by atoms with Crippen molar-refractivity contribution in [2.75, 3.05) is 0 Å². The van der Waals surface area contributed by atoms with Crippen molar-refractivity contribution in [1.29, 1.82) is 0 Å². The molecule has 4 heteroatoms. The maximum absolute atomic E-state index is 11.0. The van der Waals surface area contributed by atoms with Gasteiger partial charge in [0.2, 0.25) is 5.91 Å². The van der Waals surface area contributed by atoms with E-state index in [9.17, 15) is 4.79 Å². The van der Waals surface area contributed by atoms with Gasteiger partial charge in [-0.05, 0) is 19.1 Å². The molecule has 14 heavy (non-hydrogen) atoms. The van der Waals surface area contributed by atoms with Gasteiger partial charge in [-0.1, -0.05) is 18.2 Å². The van der Waals surface area contributed by atoms with E-state index in [1.807, 2.05) is 30.3 Å². The van der Waals surface area contributed by atoms with Gasteiger partial charge in [0.15, 0.2) is 6.23 Å². The molecule has 1 saturated heterocycles. The van der Waals surface area contributed by atoms with Crippen LogP contribution in [0.2, 0.25) is 0 Å². The highest BCUT2D eigenvalue weighted by atomic mass is 16.5. The third-order valence-electron chi connectivity index (χ3n) is 2.29. The number of rotatable bonds is 2. The van der Waals surface area contributed by atoms with Crippen molar-refractivity contribution < 1.29 is 9.53 Å². The molecule has 1 amide bonds. The van der Waals surface area contributed by atoms with Crippen LogP contribution in [0.1, 0.15) is 6.92 Å². The number of hydrogen-bond donors (Lipinski definition) is 2. The summed E-state index contributed by atoms with van der Waals surface area (Å²) in [6, 6.07) is 9.27. The summed E-state index contributed by atoms with van der Waals surface area (Å²) >= 11 is 0. The Morgan fingerprint density at radius 3 is 2.57 bits per heavy atom. The number of amides is 1. The third-order valence-corrected chi connectivity index (χ3v) is 2.29. The van der Waals surface area contributed by atoms with E-state index in [2.05, 4.69) is 5.32 Å². The Bertz CT molecular complexity index is 348. The second-order valence-electron chi connectivity index (χ2n) is 3.57. The fraction of sp³-hybridized carbons (Fsp3) is 0.300. The molecule has 1 heterocycles. The highest BCUT2D eigenvalue weighted by molar-refractivity contribution is 5.92. The number of carbonyl (C=O) groups excluding carboxylic acids is 1. The molecule has 0 spiro atoms. The van der Waals surface area contributed by atoms with Crippen LogP contribution in [0.4, 0.5) is 0 Å². The van der Waals surface area contributed by atoms with Crippen LogP contribution >= 0.6 is 0 Å². The largest absolute Gasteiger partial charge is 0.468 e. The summed E-state index contributed by atoms with van der Waals surface area (Å²) in [5.74, 6) is 0.521. The van der Waals surface area contributed by atoms with E-state index in [-0.39, 0.29) is 5.91 Å². The number of nitrogens with one attached hydrogen (secondary N) is 1. The van der Waals surface area contributed by atoms with Crippen LogP contribution in [0.25, 0.3) is 0 Å². The minimum atomic E-state index is -0.921. The van der Waals surface area contributed by atoms with Crippen molar-refractivity contribution in [3.8, 4) is 5.75 Å². The molecule has 0 saturated carbocycles. The van der Waals surface area contributed by atoms with Gasteiger partial charge >= 0.3 is 0 Å². The quantitative estimate of drug-likeness (QED) is 0.660. The molecule has 1 aromatic carbocycles. The first-order valence-electron chi connectivity index (χ1n) is 4.42. The number of carbonyl (C=O) groups is 1. The molecule has 1 aliphatic heterocycles. The Balaban J connectivity index is 2.04. The van der Waals surface area contributed by atoms with Crippen LogP contribution in [0, 0.1) is 0 Å². The van der Waals surface area contributed by atoms with Gasteiger partial charge in [0, 0.05) is 0 Å². The summed E-state index contributed by atoms with van der Waals surface area (Å²) in [6.07, 6.45) is -0.433. The Kier molecular flexibility index (Phi) is 1.93. The molecular formula is C10H12N2O2. The highest BCUT2D eigenvalue weighted by Crippen LogP contribution is 2.21. The van der Waals surface area contributed by atoms with E-state index in [0.29, 0.717) is 5.75 Å². The van der Waals surface area contributed by atoms with Gasteiger partial charge in [0.25, 0.3) is 0 Å². The van der Waals surface area contributed by atoms with E-state index < -0.39 is 11.8 Å². The minimum absolute atomic E-state index is 0.182. The number of β-lactam (4-membered cyclic amide) rings is 1. The monoisotopic (exact) mass is 192 g/mol. The van der Waals surface area contributed by atoms with Gasteiger partial charge < -0.3 is 15.8 Å². The van der Waals surface area contributed by atoms with E-state index in [0.717, 1.165) is 0 Å². The summed E-state index contributed by atoms with van der Waals surface area (Å²) in [5, 5.41) is 2.60. The lowest BCUT2D eigenvalue weighted by Gasteiger charge is -2.42. The Hall–Kier alpha value is -1.55. The second-order valence-corrected chi connectivity index (χ2v) is 3.57. The molecule has 0 bridgehead atoms. The zero-order valence-electron chi connectivity index (χ0n) is 7.86. The maximum atomic E-state index is 11.0. The van der Waals surface area contributed by atoms with Crippen LogP contribution in [-0.2, 0) is 4.79 Å². The molecule has 0 unspecified atom stereocenters. The fourth-order valence-electron chi connectivity index (χ4n) is 1.25. The molecule has 3 N–H and O–H groups in total. The van der Waals surface area contributed by atoms with Gasteiger partial charge in [-0.25, -0.2) is 0 Å². The number of para-hydroxylation sites is 1. The molecule has 0 aromatic heterocycles. The average Bonchev–Trinajstić information content (AvgIpc) is 2.19. The first-order chi connectivity index (χ1) is 6.60. The van der Waals surface area contributed by atoms with Crippen LogP contribution in [-0.4, -0.2) is 17.7 Å². The lowest BCUT2D eigenvalue weighted by molar-refractivity contribution is -0.146. The normalized spacial score (nSPS) is 30.4. The van der Waals surface area contributed by atoms with Crippen LogP contribution in [0.5, 0.6) is 5.75 Å². The SMILES string of the molecule is C[C@@]1(N)C(=O)N[C@H]1Oc1ccccc1. The standard InChI is InChI=1S/C10H12N2O2/c1-10(11)8(13)12-9(10)14-7-5-3-2-4-6-7/h2-6,9H,11H2,1H3,(H,12,13)/t9-,10+/m0/s1. The van der Waals surface area contributed by atoms with E-state index in [1.54, 1.807) is 6.92 Å². The lowest BCUT2D eigenvalue weighted by atomic mass is 9.92. The van der Waals surface area contributed by atoms with E-state index >= 15 is 0 Å². The van der Waals surface area contributed by atoms with Gasteiger partial charge in [-0.15, -0.1) is 0 Å². The smallest absolute Gasteiger partial charge is 0.248 e. The van der Waals surface area contributed by atoms with Gasteiger partial charge in [0.1, 0.15) is 11.3 Å². The topological polar surface area (TPSA) is 64.4 Å². The molecule has 0 aliphatic carbocycles. The highest BCUT2D eigenvalue weighted by Gasteiger charge is 2.50. The summed E-state index contributed by atoms with van der Waals surface area (Å²) < 4.78 is 5.48. The van der Waals surface area contributed by atoms with Crippen molar-refractivity contribution >= 4 is 5.91 Å². The molecular weight excluding hydrogens is 180 g/mol. The van der Waals surface area contributed by atoms with Crippen LogP contribution < -0.4 is 15.8 Å². The lowest BCUT2D eigenvalue weighted by Crippen LogP contribution is -2.77. The Morgan fingerprint density at radius 1 is 1.43 bits per heavy atom. The molecule has 0 radical (unpaired) electrons. The second kappa shape index (κ2) is 2.99. The van der Waals surface area contributed by atoms with Crippen molar-refractivity contribution in [2.24, 2.45) is 5.73 Å². The first-order valence-corrected chi connectivity index (χ1v) is 4.42. The molecule has 1 aliphatic rings. The fourth-order valence-corrected chi connectivity index (χ4v) is 1.25. The summed E-state index contributed by atoms with van der Waals surface area (Å²) in [7, 11) is 0. The summed E-state index contributed by atoms with van der Waals surface area (Å²) in [4.78, 5) is 11.0. The van der Waals surface area contributed by atoms with Gasteiger partial charge in [-0.2, -0.15) is 0 Å². The molecule has 2 atom stereocenters. The molecule has 2 rings (SSSR count). The predicted molar refractivity (Wildman–Crippen MR) is 51.6 cm³/mol. The van der Waals surface area contributed by atoms with Crippen molar-refractivity contribution in [1.82, 2.24) is 5.32 Å². The van der Waals surface area contributed by atoms with Crippen molar-refractivity contribution in [3.05, 3.63) is 30.3 Å². The average molecular weight is 192 g/mol. The summed E-state index contributed by atoms with van der Waals surface area (Å²) in [6.45, 7) is 1.65. The number of ether oxygens (including phenoxy) is 1. The Labute approximate surface area is 82.1 Å².